The molecule has 0 aliphatic heterocycles. The molecule has 84 valence electrons. The molecule has 0 amide bonds. The molecule has 0 saturated carbocycles. The first kappa shape index (κ1) is 11.2. The molecule has 0 aliphatic rings. The Kier molecular flexibility index (Phi) is 3.62. The van der Waals surface area contributed by atoms with E-state index in [0.29, 0.717) is 11.0 Å². The minimum Gasteiger partial charge on any atom is -0.431 e. The molecule has 16 heavy (non-hydrogen) atoms. The van der Waals surface area contributed by atoms with Gasteiger partial charge in [0.25, 0.3) is 5.22 Å². The average Bonchev–Trinajstić information content (AvgIpc) is 2.76. The third-order valence-electron chi connectivity index (χ3n) is 2.04. The maximum atomic E-state index is 12.7. The second-order valence-corrected chi connectivity index (χ2v) is 4.39. The molecule has 2 nitrogen and oxygen atoms in total. The van der Waals surface area contributed by atoms with Gasteiger partial charge < -0.3 is 4.42 Å². The van der Waals surface area contributed by atoms with Crippen LogP contribution in [0.15, 0.2) is 40.1 Å². The van der Waals surface area contributed by atoms with Crippen molar-refractivity contribution in [2.24, 2.45) is 0 Å². The van der Waals surface area contributed by atoms with Gasteiger partial charge in [-0.3, -0.25) is 0 Å². The van der Waals surface area contributed by atoms with E-state index >= 15 is 0 Å². The summed E-state index contributed by atoms with van der Waals surface area (Å²) in [6.45, 7) is 2.11. The van der Waals surface area contributed by atoms with Crippen molar-refractivity contribution in [3.8, 4) is 11.3 Å². The van der Waals surface area contributed by atoms with Gasteiger partial charge in [-0.05, 0) is 30.7 Å². The lowest BCUT2D eigenvalue weighted by Gasteiger charge is -1.95. The van der Waals surface area contributed by atoms with Crippen LogP contribution in [0.2, 0.25) is 0 Å². The molecule has 0 aliphatic carbocycles. The highest BCUT2D eigenvalue weighted by atomic mass is 32.2. The van der Waals surface area contributed by atoms with E-state index in [2.05, 4.69) is 11.9 Å². The summed E-state index contributed by atoms with van der Waals surface area (Å²) in [5.74, 6) is 1.42. The van der Waals surface area contributed by atoms with Crippen molar-refractivity contribution in [3.63, 3.8) is 0 Å². The molecule has 1 heterocycles. The Bertz CT molecular complexity index is 452. The zero-order chi connectivity index (χ0) is 11.4. The Labute approximate surface area is 97.9 Å². The van der Waals surface area contributed by atoms with Crippen LogP contribution in [0.4, 0.5) is 4.39 Å². The maximum Gasteiger partial charge on any atom is 0.256 e. The molecule has 0 unspecified atom stereocenters. The zero-order valence-electron chi connectivity index (χ0n) is 8.94. The van der Waals surface area contributed by atoms with Crippen molar-refractivity contribution in [2.75, 3.05) is 5.75 Å². The lowest BCUT2D eigenvalue weighted by Crippen LogP contribution is -1.75. The van der Waals surface area contributed by atoms with Crippen molar-refractivity contribution in [1.29, 1.82) is 0 Å². The largest absolute Gasteiger partial charge is 0.431 e. The predicted octanol–water partition coefficient (Wildman–Crippen LogP) is 3.98. The summed E-state index contributed by atoms with van der Waals surface area (Å²) in [5, 5.41) is 0.668. The van der Waals surface area contributed by atoms with Crippen LogP contribution in [0.3, 0.4) is 0 Å². The minimum absolute atomic E-state index is 0.246. The number of benzene rings is 1. The fourth-order valence-electron chi connectivity index (χ4n) is 1.26. The van der Waals surface area contributed by atoms with E-state index in [4.69, 9.17) is 4.42 Å². The summed E-state index contributed by atoms with van der Waals surface area (Å²) in [6, 6.07) is 6.20. The van der Waals surface area contributed by atoms with Gasteiger partial charge in [0.15, 0.2) is 5.76 Å². The van der Waals surface area contributed by atoms with Crippen LogP contribution < -0.4 is 0 Å². The molecule has 1 aromatic heterocycles. The summed E-state index contributed by atoms with van der Waals surface area (Å²) in [5.41, 5.74) is 0.845. The summed E-state index contributed by atoms with van der Waals surface area (Å²) < 4.78 is 18.3. The predicted molar refractivity (Wildman–Crippen MR) is 62.9 cm³/mol. The Balaban J connectivity index is 2.15. The zero-order valence-corrected chi connectivity index (χ0v) is 9.76. The molecule has 1 aromatic carbocycles. The fraction of sp³-hybridized carbons (Fsp3) is 0.250. The second kappa shape index (κ2) is 5.16. The van der Waals surface area contributed by atoms with Crippen LogP contribution in [-0.2, 0) is 0 Å². The SMILES string of the molecule is CCCSc1ncc(-c2ccc(F)cc2)o1. The quantitative estimate of drug-likeness (QED) is 0.752. The first-order valence-corrected chi connectivity index (χ1v) is 6.12. The first-order chi connectivity index (χ1) is 7.79. The lowest BCUT2D eigenvalue weighted by atomic mass is 10.2. The summed E-state index contributed by atoms with van der Waals surface area (Å²) in [6.07, 6.45) is 2.75. The van der Waals surface area contributed by atoms with Crippen molar-refractivity contribution in [2.45, 2.75) is 18.6 Å². The Morgan fingerprint density at radius 3 is 2.75 bits per heavy atom. The molecule has 0 radical (unpaired) electrons. The van der Waals surface area contributed by atoms with Gasteiger partial charge in [0.2, 0.25) is 0 Å². The van der Waals surface area contributed by atoms with E-state index in [1.807, 2.05) is 0 Å². The van der Waals surface area contributed by atoms with Gasteiger partial charge in [-0.2, -0.15) is 0 Å². The molecule has 4 heteroatoms. The van der Waals surface area contributed by atoms with Gasteiger partial charge in [-0.1, -0.05) is 18.7 Å². The molecule has 0 fully saturated rings. The smallest absolute Gasteiger partial charge is 0.256 e. The van der Waals surface area contributed by atoms with Gasteiger partial charge in [0, 0.05) is 11.3 Å². The van der Waals surface area contributed by atoms with E-state index in [9.17, 15) is 4.39 Å². The highest BCUT2D eigenvalue weighted by Gasteiger charge is 2.06. The van der Waals surface area contributed by atoms with Crippen LogP contribution in [-0.4, -0.2) is 10.7 Å². The average molecular weight is 237 g/mol. The monoisotopic (exact) mass is 237 g/mol. The fourth-order valence-corrected chi connectivity index (χ4v) is 1.92. The van der Waals surface area contributed by atoms with Gasteiger partial charge in [0.05, 0.1) is 6.20 Å². The van der Waals surface area contributed by atoms with Crippen LogP contribution in [0.25, 0.3) is 11.3 Å². The lowest BCUT2D eigenvalue weighted by molar-refractivity contribution is 0.466. The van der Waals surface area contributed by atoms with E-state index in [0.717, 1.165) is 17.7 Å². The molecule has 2 rings (SSSR count). The molecule has 0 spiro atoms. The molecule has 0 bridgehead atoms. The summed E-state index contributed by atoms with van der Waals surface area (Å²) >= 11 is 1.59. The summed E-state index contributed by atoms with van der Waals surface area (Å²) in [4.78, 5) is 4.16. The Hall–Kier alpha value is -1.29. The third kappa shape index (κ3) is 2.64. The number of rotatable bonds is 4. The van der Waals surface area contributed by atoms with Gasteiger partial charge in [0.1, 0.15) is 5.82 Å². The number of oxazole rings is 1. The van der Waals surface area contributed by atoms with Crippen LogP contribution in [0.1, 0.15) is 13.3 Å². The number of thioether (sulfide) groups is 1. The number of hydrogen-bond donors (Lipinski definition) is 0. The van der Waals surface area contributed by atoms with Gasteiger partial charge >= 0.3 is 0 Å². The molecular formula is C12H12FNOS. The highest BCUT2D eigenvalue weighted by molar-refractivity contribution is 7.99. The first-order valence-electron chi connectivity index (χ1n) is 5.14. The standard InChI is InChI=1S/C12H12FNOS/c1-2-7-16-12-14-8-11(15-12)9-3-5-10(13)6-4-9/h3-6,8H,2,7H2,1H3. The van der Waals surface area contributed by atoms with Crippen LogP contribution in [0, 0.1) is 5.82 Å². The Morgan fingerprint density at radius 2 is 2.06 bits per heavy atom. The number of halogens is 1. The number of aromatic nitrogens is 1. The van der Waals surface area contributed by atoms with Crippen LogP contribution in [0.5, 0.6) is 0 Å². The third-order valence-corrected chi connectivity index (χ3v) is 3.09. The van der Waals surface area contributed by atoms with E-state index in [1.165, 1.54) is 12.1 Å². The van der Waals surface area contributed by atoms with Crippen molar-refractivity contribution in [1.82, 2.24) is 4.98 Å². The molecule has 0 atom stereocenters. The van der Waals surface area contributed by atoms with Crippen molar-refractivity contribution < 1.29 is 8.81 Å². The highest BCUT2D eigenvalue weighted by Crippen LogP contribution is 2.25. The maximum absolute atomic E-state index is 12.7. The number of nitrogens with zero attached hydrogens (tertiary/aromatic N) is 1. The second-order valence-electron chi connectivity index (χ2n) is 3.35. The molecule has 0 N–H and O–H groups in total. The topological polar surface area (TPSA) is 26.0 Å². The van der Waals surface area contributed by atoms with E-state index < -0.39 is 0 Å². The van der Waals surface area contributed by atoms with E-state index in [1.54, 1.807) is 30.1 Å². The van der Waals surface area contributed by atoms with E-state index in [-0.39, 0.29) is 5.82 Å². The normalized spacial score (nSPS) is 10.6. The molecular weight excluding hydrogens is 225 g/mol. The number of hydrogen-bond acceptors (Lipinski definition) is 3. The van der Waals surface area contributed by atoms with Crippen molar-refractivity contribution >= 4 is 11.8 Å². The summed E-state index contributed by atoms with van der Waals surface area (Å²) in [7, 11) is 0. The van der Waals surface area contributed by atoms with Crippen molar-refractivity contribution in [3.05, 3.63) is 36.3 Å². The minimum atomic E-state index is -0.246. The van der Waals surface area contributed by atoms with Gasteiger partial charge in [-0.15, -0.1) is 0 Å². The molecule has 2 aromatic rings. The van der Waals surface area contributed by atoms with Crippen LogP contribution >= 0.6 is 11.8 Å². The van der Waals surface area contributed by atoms with Gasteiger partial charge in [-0.25, -0.2) is 9.37 Å². The molecule has 0 saturated heterocycles. The Morgan fingerprint density at radius 1 is 1.31 bits per heavy atom.